The zero-order valence-electron chi connectivity index (χ0n) is 11.5. The Kier molecular flexibility index (Phi) is 2.94. The first kappa shape index (κ1) is 13.3. The standard InChI is InChI=1S/C15H14BrN3O/c1-8-6-9(16)4-5-10(8)13-18-14(20-19-13)12-11(7-17)15(12,2)3/h4-6,11-12H,1-3H3. The third-order valence-electron chi connectivity index (χ3n) is 4.10. The van der Waals surface area contributed by atoms with Gasteiger partial charge in [0.1, 0.15) is 0 Å². The summed E-state index contributed by atoms with van der Waals surface area (Å²) in [5.74, 6) is 1.16. The van der Waals surface area contributed by atoms with Gasteiger partial charge in [-0.2, -0.15) is 10.2 Å². The summed E-state index contributed by atoms with van der Waals surface area (Å²) in [5, 5.41) is 13.2. The van der Waals surface area contributed by atoms with Gasteiger partial charge in [0.2, 0.25) is 11.7 Å². The minimum atomic E-state index is -0.0761. The number of hydrogen-bond donors (Lipinski definition) is 0. The molecule has 0 aliphatic heterocycles. The van der Waals surface area contributed by atoms with Gasteiger partial charge in [0.05, 0.1) is 17.9 Å². The Labute approximate surface area is 125 Å². The van der Waals surface area contributed by atoms with Crippen molar-refractivity contribution in [2.75, 3.05) is 0 Å². The van der Waals surface area contributed by atoms with Crippen LogP contribution in [0.15, 0.2) is 27.2 Å². The normalized spacial score (nSPS) is 23.4. The second-order valence-electron chi connectivity index (χ2n) is 5.82. The SMILES string of the molecule is Cc1cc(Br)ccc1-c1noc(C2C(C#N)C2(C)C)n1. The molecule has 20 heavy (non-hydrogen) atoms. The predicted octanol–water partition coefficient (Wildman–Crippen LogP) is 4.07. The van der Waals surface area contributed by atoms with E-state index in [9.17, 15) is 0 Å². The molecule has 102 valence electrons. The molecule has 2 aromatic rings. The Morgan fingerprint density at radius 3 is 2.75 bits per heavy atom. The molecule has 3 rings (SSSR count). The Hall–Kier alpha value is -1.67. The molecule has 1 aromatic heterocycles. The summed E-state index contributed by atoms with van der Waals surface area (Å²) in [6, 6.07) is 8.25. The van der Waals surface area contributed by atoms with Gasteiger partial charge in [-0.25, -0.2) is 0 Å². The first-order chi connectivity index (χ1) is 9.45. The number of nitriles is 1. The van der Waals surface area contributed by atoms with E-state index >= 15 is 0 Å². The highest BCUT2D eigenvalue weighted by molar-refractivity contribution is 9.10. The second kappa shape index (κ2) is 4.42. The Bertz CT molecular complexity index is 714. The van der Waals surface area contributed by atoms with Crippen LogP contribution in [0.25, 0.3) is 11.4 Å². The van der Waals surface area contributed by atoms with Crippen molar-refractivity contribution in [3.05, 3.63) is 34.1 Å². The van der Waals surface area contributed by atoms with E-state index in [-0.39, 0.29) is 17.3 Å². The summed E-state index contributed by atoms with van der Waals surface area (Å²) in [5.41, 5.74) is 1.96. The maximum absolute atomic E-state index is 9.13. The maximum atomic E-state index is 9.13. The van der Waals surface area contributed by atoms with Crippen molar-refractivity contribution >= 4 is 15.9 Å². The average molecular weight is 332 g/mol. The number of benzene rings is 1. The number of nitrogens with zero attached hydrogens (tertiary/aromatic N) is 3. The quantitative estimate of drug-likeness (QED) is 0.832. The molecular formula is C15H14BrN3O. The molecule has 1 heterocycles. The van der Waals surface area contributed by atoms with E-state index in [1.807, 2.05) is 25.1 Å². The van der Waals surface area contributed by atoms with Gasteiger partial charge >= 0.3 is 0 Å². The first-order valence-electron chi connectivity index (χ1n) is 6.45. The predicted molar refractivity (Wildman–Crippen MR) is 77.8 cm³/mol. The summed E-state index contributed by atoms with van der Waals surface area (Å²) in [6.07, 6.45) is 0. The number of aromatic nitrogens is 2. The zero-order chi connectivity index (χ0) is 14.5. The second-order valence-corrected chi connectivity index (χ2v) is 6.74. The van der Waals surface area contributed by atoms with Crippen molar-refractivity contribution in [1.82, 2.24) is 10.1 Å². The van der Waals surface area contributed by atoms with E-state index in [0.29, 0.717) is 11.7 Å². The van der Waals surface area contributed by atoms with Crippen molar-refractivity contribution in [3.63, 3.8) is 0 Å². The molecule has 2 atom stereocenters. The topological polar surface area (TPSA) is 62.7 Å². The van der Waals surface area contributed by atoms with Gasteiger partial charge in [-0.1, -0.05) is 34.9 Å². The highest BCUT2D eigenvalue weighted by Gasteiger charge is 2.62. The lowest BCUT2D eigenvalue weighted by atomic mass is 10.1. The van der Waals surface area contributed by atoms with Crippen LogP contribution < -0.4 is 0 Å². The van der Waals surface area contributed by atoms with Crippen LogP contribution >= 0.6 is 15.9 Å². The maximum Gasteiger partial charge on any atom is 0.232 e. The lowest BCUT2D eigenvalue weighted by Crippen LogP contribution is -1.91. The summed E-state index contributed by atoms with van der Waals surface area (Å²) in [4.78, 5) is 4.48. The van der Waals surface area contributed by atoms with Gasteiger partial charge in [0.15, 0.2) is 0 Å². The lowest BCUT2D eigenvalue weighted by Gasteiger charge is -2.00. The van der Waals surface area contributed by atoms with Crippen molar-refractivity contribution in [3.8, 4) is 17.5 Å². The molecule has 1 aromatic carbocycles. The first-order valence-corrected chi connectivity index (χ1v) is 7.24. The van der Waals surface area contributed by atoms with Gasteiger partial charge < -0.3 is 4.52 Å². The summed E-state index contributed by atoms with van der Waals surface area (Å²) in [7, 11) is 0. The number of halogens is 1. The highest BCUT2D eigenvalue weighted by atomic mass is 79.9. The average Bonchev–Trinajstić information content (AvgIpc) is 2.73. The molecule has 1 fully saturated rings. The summed E-state index contributed by atoms with van der Waals surface area (Å²) < 4.78 is 6.40. The third-order valence-corrected chi connectivity index (χ3v) is 4.60. The van der Waals surface area contributed by atoms with Crippen LogP contribution in [-0.4, -0.2) is 10.1 Å². The van der Waals surface area contributed by atoms with Crippen LogP contribution in [0.3, 0.4) is 0 Å². The number of hydrogen-bond acceptors (Lipinski definition) is 4. The van der Waals surface area contributed by atoms with Crippen LogP contribution in [-0.2, 0) is 0 Å². The van der Waals surface area contributed by atoms with Gasteiger partial charge in [0.25, 0.3) is 0 Å². The summed E-state index contributed by atoms with van der Waals surface area (Å²) in [6.45, 7) is 6.12. The molecule has 0 N–H and O–H groups in total. The van der Waals surface area contributed by atoms with E-state index in [0.717, 1.165) is 15.6 Å². The van der Waals surface area contributed by atoms with Crippen molar-refractivity contribution < 1.29 is 4.52 Å². The Morgan fingerprint density at radius 1 is 1.40 bits per heavy atom. The van der Waals surface area contributed by atoms with Crippen molar-refractivity contribution in [2.24, 2.45) is 11.3 Å². The fourth-order valence-corrected chi connectivity index (χ4v) is 3.16. The Morgan fingerprint density at radius 2 is 2.15 bits per heavy atom. The van der Waals surface area contributed by atoms with Crippen LogP contribution in [0.4, 0.5) is 0 Å². The molecule has 1 aliphatic rings. The number of rotatable bonds is 2. The highest BCUT2D eigenvalue weighted by Crippen LogP contribution is 2.63. The molecule has 0 saturated heterocycles. The van der Waals surface area contributed by atoms with Gasteiger partial charge in [-0.05, 0) is 36.1 Å². The molecule has 0 bridgehead atoms. The lowest BCUT2D eigenvalue weighted by molar-refractivity contribution is 0.368. The molecule has 1 saturated carbocycles. The molecule has 2 unspecified atom stereocenters. The van der Waals surface area contributed by atoms with Gasteiger partial charge in [-0.15, -0.1) is 0 Å². The van der Waals surface area contributed by atoms with Crippen LogP contribution in [0.5, 0.6) is 0 Å². The van der Waals surface area contributed by atoms with Crippen molar-refractivity contribution in [1.29, 1.82) is 5.26 Å². The van der Waals surface area contributed by atoms with Crippen molar-refractivity contribution in [2.45, 2.75) is 26.7 Å². The third kappa shape index (κ3) is 1.95. The molecule has 1 aliphatic carbocycles. The molecule has 4 nitrogen and oxygen atoms in total. The molecule has 0 radical (unpaired) electrons. The van der Waals surface area contributed by atoms with Gasteiger partial charge in [0, 0.05) is 10.0 Å². The van der Waals surface area contributed by atoms with E-state index < -0.39 is 0 Å². The molecule has 0 spiro atoms. The minimum absolute atomic E-state index is 0.0400. The summed E-state index contributed by atoms with van der Waals surface area (Å²) >= 11 is 3.44. The Balaban J connectivity index is 1.94. The molecular weight excluding hydrogens is 318 g/mol. The van der Waals surface area contributed by atoms with E-state index in [1.54, 1.807) is 0 Å². The van der Waals surface area contributed by atoms with Crippen LogP contribution in [0.2, 0.25) is 0 Å². The largest absolute Gasteiger partial charge is 0.339 e. The minimum Gasteiger partial charge on any atom is -0.339 e. The van der Waals surface area contributed by atoms with E-state index in [4.69, 9.17) is 9.78 Å². The zero-order valence-corrected chi connectivity index (χ0v) is 13.1. The molecule has 5 heteroatoms. The number of aryl methyl sites for hydroxylation is 1. The monoisotopic (exact) mass is 331 g/mol. The molecule has 0 amide bonds. The van der Waals surface area contributed by atoms with E-state index in [2.05, 4.69) is 46.0 Å². The van der Waals surface area contributed by atoms with E-state index in [1.165, 1.54) is 0 Å². The smallest absolute Gasteiger partial charge is 0.232 e. The van der Waals surface area contributed by atoms with Gasteiger partial charge in [-0.3, -0.25) is 0 Å². The van der Waals surface area contributed by atoms with Crippen LogP contribution in [0, 0.1) is 29.6 Å². The fourth-order valence-electron chi connectivity index (χ4n) is 2.69. The van der Waals surface area contributed by atoms with Crippen LogP contribution in [0.1, 0.15) is 31.2 Å². The fraction of sp³-hybridized carbons (Fsp3) is 0.400.